The van der Waals surface area contributed by atoms with E-state index in [1.54, 1.807) is 11.4 Å². The number of halogens is 1. The van der Waals surface area contributed by atoms with E-state index in [4.69, 9.17) is 0 Å². The van der Waals surface area contributed by atoms with E-state index >= 15 is 0 Å². The normalized spacial score (nSPS) is 17.2. The van der Waals surface area contributed by atoms with Gasteiger partial charge in [-0.25, -0.2) is 14.4 Å². The van der Waals surface area contributed by atoms with Gasteiger partial charge in [-0.2, -0.15) is 0 Å². The number of aryl methyl sites for hydroxylation is 1. The van der Waals surface area contributed by atoms with Gasteiger partial charge in [0.1, 0.15) is 23.4 Å². The minimum atomic E-state index is -0.378. The maximum atomic E-state index is 12.9. The zero-order chi connectivity index (χ0) is 20.1. The van der Waals surface area contributed by atoms with Crippen LogP contribution in [0.5, 0.6) is 0 Å². The molecule has 0 saturated heterocycles. The summed E-state index contributed by atoms with van der Waals surface area (Å²) in [5.74, 6) is 0.411. The van der Waals surface area contributed by atoms with Gasteiger partial charge in [-0.05, 0) is 24.6 Å². The molecular formula is C21H20FN5OS. The van der Waals surface area contributed by atoms with E-state index < -0.39 is 0 Å². The van der Waals surface area contributed by atoms with Gasteiger partial charge < -0.3 is 5.32 Å². The molecule has 0 radical (unpaired) electrons. The molecule has 2 aromatic heterocycles. The zero-order valence-electron chi connectivity index (χ0n) is 15.7. The van der Waals surface area contributed by atoms with Crippen molar-refractivity contribution >= 4 is 28.7 Å². The first-order chi connectivity index (χ1) is 14.2. The monoisotopic (exact) mass is 409 g/mol. The lowest BCUT2D eigenvalue weighted by Gasteiger charge is -2.03. The van der Waals surface area contributed by atoms with Crippen molar-refractivity contribution in [2.24, 2.45) is 9.98 Å². The van der Waals surface area contributed by atoms with Gasteiger partial charge in [-0.3, -0.25) is 14.8 Å². The lowest BCUT2D eigenvalue weighted by Crippen LogP contribution is -2.23. The number of rotatable bonds is 9. The topological polar surface area (TPSA) is 79.6 Å². The Hall–Kier alpha value is -2.84. The fourth-order valence-corrected chi connectivity index (χ4v) is 3.83. The summed E-state index contributed by atoms with van der Waals surface area (Å²) in [5.41, 5.74) is 2.17. The molecule has 0 fully saturated rings. The lowest BCUT2D eigenvalue weighted by atomic mass is 10.1. The molecule has 8 heteroatoms. The minimum Gasteiger partial charge on any atom is -0.309 e. The molecule has 29 heavy (non-hydrogen) atoms. The first kappa shape index (κ1) is 19.5. The zero-order valence-corrected chi connectivity index (χ0v) is 16.5. The van der Waals surface area contributed by atoms with Gasteiger partial charge in [-0.1, -0.05) is 18.2 Å². The molecule has 1 atom stereocenters. The van der Waals surface area contributed by atoms with Gasteiger partial charge in [0.15, 0.2) is 5.78 Å². The molecule has 2 aliphatic rings. The highest BCUT2D eigenvalue weighted by atomic mass is 32.1. The summed E-state index contributed by atoms with van der Waals surface area (Å²) in [4.78, 5) is 29.8. The van der Waals surface area contributed by atoms with Crippen LogP contribution in [-0.2, 0) is 12.8 Å². The molecule has 2 aromatic rings. The molecule has 3 heterocycles. The largest absolute Gasteiger partial charge is 0.309 e. The van der Waals surface area contributed by atoms with E-state index in [-0.39, 0.29) is 17.6 Å². The van der Waals surface area contributed by atoms with E-state index in [1.165, 1.54) is 17.4 Å². The van der Waals surface area contributed by atoms with Crippen LogP contribution in [0.15, 0.2) is 58.0 Å². The van der Waals surface area contributed by atoms with Crippen LogP contribution in [-0.4, -0.2) is 46.4 Å². The van der Waals surface area contributed by atoms with Crippen LogP contribution < -0.4 is 5.32 Å². The summed E-state index contributed by atoms with van der Waals surface area (Å²) in [6, 6.07) is 3.02. The number of nitrogens with zero attached hydrogens (tertiary/aromatic N) is 4. The van der Waals surface area contributed by atoms with Crippen LogP contribution in [0.25, 0.3) is 0 Å². The lowest BCUT2D eigenvalue weighted by molar-refractivity contribution is 0.0978. The van der Waals surface area contributed by atoms with E-state index in [0.29, 0.717) is 30.8 Å². The van der Waals surface area contributed by atoms with Crippen molar-refractivity contribution in [2.75, 3.05) is 13.1 Å². The van der Waals surface area contributed by atoms with Crippen molar-refractivity contribution in [2.45, 2.75) is 25.3 Å². The van der Waals surface area contributed by atoms with Gasteiger partial charge >= 0.3 is 0 Å². The van der Waals surface area contributed by atoms with Crippen molar-refractivity contribution in [3.05, 3.63) is 70.2 Å². The van der Waals surface area contributed by atoms with Crippen LogP contribution in [0.4, 0.5) is 4.39 Å². The second-order valence-corrected chi connectivity index (χ2v) is 7.66. The number of ketones is 1. The van der Waals surface area contributed by atoms with Gasteiger partial charge in [0.05, 0.1) is 23.5 Å². The summed E-state index contributed by atoms with van der Waals surface area (Å²) in [6.07, 6.45) is 10.7. The summed E-state index contributed by atoms with van der Waals surface area (Å²) >= 11 is 1.49. The third-order valence-electron chi connectivity index (χ3n) is 4.55. The maximum absolute atomic E-state index is 12.9. The van der Waals surface area contributed by atoms with Crippen LogP contribution in [0.2, 0.25) is 0 Å². The Kier molecular flexibility index (Phi) is 6.12. The summed E-state index contributed by atoms with van der Waals surface area (Å²) in [7, 11) is 0. The van der Waals surface area contributed by atoms with E-state index in [1.807, 2.05) is 24.3 Å². The van der Waals surface area contributed by atoms with Crippen molar-refractivity contribution in [3.8, 4) is 0 Å². The number of amidine groups is 1. The maximum Gasteiger partial charge on any atom is 0.182 e. The fraction of sp³-hybridized carbons (Fsp3) is 0.286. The summed E-state index contributed by atoms with van der Waals surface area (Å²) in [5, 5.41) is 6.05. The quantitative estimate of drug-likeness (QED) is 0.510. The van der Waals surface area contributed by atoms with Gasteiger partial charge in [-0.15, -0.1) is 11.3 Å². The Labute approximate surface area is 172 Å². The molecule has 1 N–H and O–H groups in total. The molecule has 148 valence electrons. The first-order valence-electron chi connectivity index (χ1n) is 9.46. The average molecular weight is 409 g/mol. The summed E-state index contributed by atoms with van der Waals surface area (Å²) < 4.78 is 12.9. The number of nitrogens with one attached hydrogen (secondary N) is 1. The van der Waals surface area contributed by atoms with Crippen molar-refractivity contribution in [1.29, 1.82) is 0 Å². The summed E-state index contributed by atoms with van der Waals surface area (Å²) in [6.45, 7) is 1.35. The van der Waals surface area contributed by atoms with E-state index in [2.05, 4.69) is 25.3 Å². The second-order valence-electron chi connectivity index (χ2n) is 6.72. The molecule has 0 saturated carbocycles. The molecule has 6 nitrogen and oxygen atoms in total. The Balaban J connectivity index is 1.20. The number of fused-ring (bicyclic) bond motifs is 1. The number of carbonyl (C=O) groups excluding carboxylic acids is 1. The Bertz CT molecular complexity index is 1010. The number of aliphatic imine (C=N–C) groups is 2. The fourth-order valence-electron chi connectivity index (χ4n) is 3.03. The molecule has 4 rings (SSSR count). The van der Waals surface area contributed by atoms with E-state index in [9.17, 15) is 9.18 Å². The molecule has 0 spiro atoms. The van der Waals surface area contributed by atoms with Crippen molar-refractivity contribution in [1.82, 2.24) is 15.3 Å². The number of thiazole rings is 1. The minimum absolute atomic E-state index is 0.0218. The second kappa shape index (κ2) is 9.11. The van der Waals surface area contributed by atoms with Crippen LogP contribution in [0, 0.1) is 5.82 Å². The first-order valence-corrected chi connectivity index (χ1v) is 10.3. The number of hydrogen-bond donors (Lipinski definition) is 1. The highest BCUT2D eigenvalue weighted by molar-refractivity contribution is 7.09. The third kappa shape index (κ3) is 5.16. The van der Waals surface area contributed by atoms with Crippen LogP contribution in [0.3, 0.4) is 0 Å². The molecule has 0 aromatic carbocycles. The number of carbonyl (C=O) groups is 1. The number of pyridine rings is 1. The smallest absolute Gasteiger partial charge is 0.182 e. The van der Waals surface area contributed by atoms with Crippen molar-refractivity contribution < 1.29 is 9.18 Å². The molecule has 1 unspecified atom stereocenters. The molecule has 0 amide bonds. The van der Waals surface area contributed by atoms with Gasteiger partial charge in [0.2, 0.25) is 0 Å². The number of aromatic nitrogens is 2. The Morgan fingerprint density at radius 1 is 1.24 bits per heavy atom. The number of allylic oxidation sites excluding steroid dienone is 2. The average Bonchev–Trinajstić information content (AvgIpc) is 3.37. The molecule has 1 aliphatic heterocycles. The number of Topliss-reactive ketones (excluding diaryl/α,β-unsaturated/α-hetero) is 1. The standard InChI is InChI=1S/C21H20FN5OS/c22-14-5-6-15(24-11-14)7-8-19(28)18-13-29-21(27-18)9-10-23-12-20-25-16-3-1-2-4-17(16)26-20/h1-6,11,13,16,23H,7-10,12H2. The third-order valence-corrected chi connectivity index (χ3v) is 5.46. The SMILES string of the molecule is O=C(CCc1ccc(F)cn1)c1csc(CCNCC2=NC3C=CC=CC3=N2)n1. The predicted molar refractivity (Wildman–Crippen MR) is 112 cm³/mol. The number of hydrogen-bond acceptors (Lipinski definition) is 7. The van der Waals surface area contributed by atoms with Crippen LogP contribution >= 0.6 is 11.3 Å². The highest BCUT2D eigenvalue weighted by Crippen LogP contribution is 2.14. The highest BCUT2D eigenvalue weighted by Gasteiger charge is 2.19. The van der Waals surface area contributed by atoms with E-state index in [0.717, 1.165) is 35.7 Å². The molecule has 0 bridgehead atoms. The van der Waals surface area contributed by atoms with Gasteiger partial charge in [0.25, 0.3) is 0 Å². The Morgan fingerprint density at radius 2 is 2.17 bits per heavy atom. The Morgan fingerprint density at radius 3 is 3.00 bits per heavy atom. The van der Waals surface area contributed by atoms with Crippen LogP contribution in [0.1, 0.15) is 27.6 Å². The predicted octanol–water partition coefficient (Wildman–Crippen LogP) is 2.97. The molecule has 1 aliphatic carbocycles. The van der Waals surface area contributed by atoms with Crippen molar-refractivity contribution in [3.63, 3.8) is 0 Å². The molecular weight excluding hydrogens is 389 g/mol. The van der Waals surface area contributed by atoms with Gasteiger partial charge in [0, 0.05) is 30.5 Å².